The van der Waals surface area contributed by atoms with Crippen molar-refractivity contribution in [1.29, 1.82) is 0 Å². The van der Waals surface area contributed by atoms with Crippen LogP contribution in [0.4, 0.5) is 0 Å². The van der Waals surface area contributed by atoms with E-state index < -0.39 is 0 Å². The average molecular weight is 114 g/mol. The van der Waals surface area contributed by atoms with E-state index in [1.165, 1.54) is 12.8 Å². The normalized spacial score (nSPS) is 45.0. The van der Waals surface area contributed by atoms with Crippen molar-refractivity contribution >= 4 is 0 Å². The minimum Gasteiger partial charge on any atom is -0.379 e. The van der Waals surface area contributed by atoms with Crippen LogP contribution in [-0.4, -0.2) is 25.4 Å². The van der Waals surface area contributed by atoms with Crippen molar-refractivity contribution in [2.24, 2.45) is 0 Å². The Hall–Kier alpha value is -0.0800. The first-order valence-electron chi connectivity index (χ1n) is 3.20. The van der Waals surface area contributed by atoms with Gasteiger partial charge in [-0.3, -0.25) is 0 Å². The van der Waals surface area contributed by atoms with Crippen LogP contribution in [0.1, 0.15) is 12.8 Å². The summed E-state index contributed by atoms with van der Waals surface area (Å²) < 4.78 is 10.5. The van der Waals surface area contributed by atoms with Gasteiger partial charge in [0.2, 0.25) is 0 Å². The van der Waals surface area contributed by atoms with Gasteiger partial charge in [-0.05, 0) is 12.8 Å². The molecule has 2 rings (SSSR count). The SMILES string of the molecule is C1COCC2OC2C1. The van der Waals surface area contributed by atoms with Crippen LogP contribution in [0.15, 0.2) is 0 Å². The summed E-state index contributed by atoms with van der Waals surface area (Å²) in [7, 11) is 0. The molecule has 0 aromatic heterocycles. The molecule has 0 aromatic carbocycles. The zero-order valence-electron chi connectivity index (χ0n) is 4.80. The van der Waals surface area contributed by atoms with Gasteiger partial charge in [-0.1, -0.05) is 0 Å². The number of fused-ring (bicyclic) bond motifs is 1. The lowest BCUT2D eigenvalue weighted by molar-refractivity contribution is 0.111. The Morgan fingerprint density at radius 2 is 2.25 bits per heavy atom. The molecule has 2 fully saturated rings. The van der Waals surface area contributed by atoms with Gasteiger partial charge >= 0.3 is 0 Å². The molecular weight excluding hydrogens is 104 g/mol. The van der Waals surface area contributed by atoms with Gasteiger partial charge in [-0.2, -0.15) is 0 Å². The number of epoxide rings is 1. The molecule has 0 spiro atoms. The summed E-state index contributed by atoms with van der Waals surface area (Å²) in [6.45, 7) is 1.78. The van der Waals surface area contributed by atoms with Crippen molar-refractivity contribution in [2.75, 3.05) is 13.2 Å². The van der Waals surface area contributed by atoms with E-state index in [0.717, 1.165) is 13.2 Å². The Morgan fingerprint density at radius 3 is 3.25 bits per heavy atom. The van der Waals surface area contributed by atoms with Crippen molar-refractivity contribution in [1.82, 2.24) is 0 Å². The van der Waals surface area contributed by atoms with Crippen LogP contribution in [0.25, 0.3) is 0 Å². The molecule has 0 bridgehead atoms. The Kier molecular flexibility index (Phi) is 1.02. The third-order valence-electron chi connectivity index (χ3n) is 1.75. The Balaban J connectivity index is 1.89. The predicted octanol–water partition coefficient (Wildman–Crippen LogP) is 0.564. The van der Waals surface area contributed by atoms with Crippen molar-refractivity contribution in [2.45, 2.75) is 25.0 Å². The monoisotopic (exact) mass is 114 g/mol. The molecular formula is C6H10O2. The summed E-state index contributed by atoms with van der Waals surface area (Å²) in [6.07, 6.45) is 3.43. The van der Waals surface area contributed by atoms with Crippen molar-refractivity contribution < 1.29 is 9.47 Å². The molecule has 2 heteroatoms. The fraction of sp³-hybridized carbons (Fsp3) is 1.00. The third kappa shape index (κ3) is 0.740. The molecule has 0 saturated carbocycles. The highest BCUT2D eigenvalue weighted by atomic mass is 16.6. The fourth-order valence-electron chi connectivity index (χ4n) is 1.17. The molecule has 2 unspecified atom stereocenters. The van der Waals surface area contributed by atoms with Gasteiger partial charge in [0.15, 0.2) is 0 Å². The Labute approximate surface area is 48.8 Å². The number of ether oxygens (including phenoxy) is 2. The molecule has 46 valence electrons. The van der Waals surface area contributed by atoms with Crippen molar-refractivity contribution in [3.63, 3.8) is 0 Å². The van der Waals surface area contributed by atoms with E-state index in [9.17, 15) is 0 Å². The van der Waals surface area contributed by atoms with Gasteiger partial charge in [0.25, 0.3) is 0 Å². The first-order valence-corrected chi connectivity index (χ1v) is 3.20. The molecule has 2 atom stereocenters. The average Bonchev–Trinajstić information content (AvgIpc) is 2.36. The van der Waals surface area contributed by atoms with Crippen LogP contribution in [0.5, 0.6) is 0 Å². The first-order chi connectivity index (χ1) is 3.97. The van der Waals surface area contributed by atoms with E-state index in [4.69, 9.17) is 9.47 Å². The number of hydrogen-bond acceptors (Lipinski definition) is 2. The van der Waals surface area contributed by atoms with E-state index in [1.54, 1.807) is 0 Å². The summed E-state index contributed by atoms with van der Waals surface area (Å²) in [4.78, 5) is 0. The molecule has 2 saturated heterocycles. The zero-order valence-corrected chi connectivity index (χ0v) is 4.80. The highest BCUT2D eigenvalue weighted by molar-refractivity contribution is 4.85. The van der Waals surface area contributed by atoms with Crippen LogP contribution in [0.2, 0.25) is 0 Å². The zero-order chi connectivity index (χ0) is 5.40. The largest absolute Gasteiger partial charge is 0.379 e. The van der Waals surface area contributed by atoms with Crippen molar-refractivity contribution in [3.8, 4) is 0 Å². The van der Waals surface area contributed by atoms with Gasteiger partial charge in [-0.25, -0.2) is 0 Å². The minimum absolute atomic E-state index is 0.470. The van der Waals surface area contributed by atoms with Crippen molar-refractivity contribution in [3.05, 3.63) is 0 Å². The van der Waals surface area contributed by atoms with Gasteiger partial charge in [0, 0.05) is 6.61 Å². The Bertz CT molecular complexity index is 82.5. The van der Waals surface area contributed by atoms with E-state index in [-0.39, 0.29) is 0 Å². The molecule has 0 amide bonds. The third-order valence-corrected chi connectivity index (χ3v) is 1.75. The van der Waals surface area contributed by atoms with Crippen LogP contribution in [0, 0.1) is 0 Å². The van der Waals surface area contributed by atoms with E-state index in [1.807, 2.05) is 0 Å². The topological polar surface area (TPSA) is 21.8 Å². The molecule has 2 heterocycles. The standard InChI is InChI=1S/C6H10O2/c1-2-5-6(8-5)4-7-3-1/h5-6H,1-4H2. The van der Waals surface area contributed by atoms with E-state index >= 15 is 0 Å². The highest BCUT2D eigenvalue weighted by Crippen LogP contribution is 2.28. The molecule has 8 heavy (non-hydrogen) atoms. The second kappa shape index (κ2) is 1.71. The van der Waals surface area contributed by atoms with E-state index in [2.05, 4.69) is 0 Å². The van der Waals surface area contributed by atoms with Crippen LogP contribution in [-0.2, 0) is 9.47 Å². The van der Waals surface area contributed by atoms with Crippen LogP contribution >= 0.6 is 0 Å². The van der Waals surface area contributed by atoms with Gasteiger partial charge < -0.3 is 9.47 Å². The quantitative estimate of drug-likeness (QED) is 0.429. The maximum absolute atomic E-state index is 5.23. The predicted molar refractivity (Wildman–Crippen MR) is 28.7 cm³/mol. The maximum atomic E-state index is 5.23. The van der Waals surface area contributed by atoms with Gasteiger partial charge in [0.05, 0.1) is 12.7 Å². The smallest absolute Gasteiger partial charge is 0.107 e. The lowest BCUT2D eigenvalue weighted by Crippen LogP contribution is -1.99. The number of rotatable bonds is 0. The molecule has 0 N–H and O–H groups in total. The second-order valence-electron chi connectivity index (χ2n) is 2.43. The fourth-order valence-corrected chi connectivity index (χ4v) is 1.17. The van der Waals surface area contributed by atoms with Gasteiger partial charge in [-0.15, -0.1) is 0 Å². The lowest BCUT2D eigenvalue weighted by atomic mass is 10.2. The highest BCUT2D eigenvalue weighted by Gasteiger charge is 2.39. The lowest BCUT2D eigenvalue weighted by Gasteiger charge is -1.94. The minimum atomic E-state index is 0.470. The Morgan fingerprint density at radius 1 is 1.25 bits per heavy atom. The summed E-state index contributed by atoms with van der Waals surface area (Å²) >= 11 is 0. The number of hydrogen-bond donors (Lipinski definition) is 0. The molecule has 0 aromatic rings. The summed E-state index contributed by atoms with van der Waals surface area (Å²) in [6, 6.07) is 0. The summed E-state index contributed by atoms with van der Waals surface area (Å²) in [5, 5.41) is 0. The van der Waals surface area contributed by atoms with Gasteiger partial charge in [0.1, 0.15) is 6.10 Å². The van der Waals surface area contributed by atoms with E-state index in [0.29, 0.717) is 12.2 Å². The second-order valence-corrected chi connectivity index (χ2v) is 2.43. The molecule has 2 aliphatic rings. The van der Waals surface area contributed by atoms with Crippen LogP contribution < -0.4 is 0 Å². The molecule has 0 aliphatic carbocycles. The van der Waals surface area contributed by atoms with Crippen LogP contribution in [0.3, 0.4) is 0 Å². The maximum Gasteiger partial charge on any atom is 0.107 e. The first kappa shape index (κ1) is 4.77. The molecule has 0 radical (unpaired) electrons. The molecule has 2 aliphatic heterocycles. The summed E-state index contributed by atoms with van der Waals surface area (Å²) in [5.41, 5.74) is 0. The molecule has 2 nitrogen and oxygen atoms in total. The summed E-state index contributed by atoms with van der Waals surface area (Å²) in [5.74, 6) is 0.